The van der Waals surface area contributed by atoms with E-state index in [1.54, 1.807) is 0 Å². The van der Waals surface area contributed by atoms with Gasteiger partial charge >= 0.3 is 12.3 Å². The highest BCUT2D eigenvalue weighted by Crippen LogP contribution is 2.24. The highest BCUT2D eigenvalue weighted by atomic mass is 19.3. The van der Waals surface area contributed by atoms with Crippen molar-refractivity contribution >= 4 is 0 Å². The van der Waals surface area contributed by atoms with Crippen molar-refractivity contribution in [3.63, 3.8) is 0 Å². The third-order valence-corrected chi connectivity index (χ3v) is 2.00. The van der Waals surface area contributed by atoms with Crippen molar-refractivity contribution in [2.75, 3.05) is 6.54 Å². The third-order valence-electron chi connectivity index (χ3n) is 2.00. The Morgan fingerprint density at radius 1 is 1.41 bits per heavy atom. The molecule has 0 radical (unpaired) electrons. The summed E-state index contributed by atoms with van der Waals surface area (Å²) in [5, 5.41) is 12.8. The van der Waals surface area contributed by atoms with E-state index < -0.39 is 18.9 Å². The predicted octanol–water partition coefficient (Wildman–Crippen LogP) is 1.07. The SMILES string of the molecule is CCCNCc1nnnn1CC(F)(F)C(F)F. The molecule has 0 atom stereocenters. The van der Waals surface area contributed by atoms with Gasteiger partial charge in [0.2, 0.25) is 0 Å². The topological polar surface area (TPSA) is 55.6 Å². The van der Waals surface area contributed by atoms with Crippen LogP contribution in [0.3, 0.4) is 0 Å². The number of halogens is 4. The summed E-state index contributed by atoms with van der Waals surface area (Å²) in [5.41, 5.74) is 0. The van der Waals surface area contributed by atoms with Crippen molar-refractivity contribution in [1.82, 2.24) is 25.5 Å². The van der Waals surface area contributed by atoms with Crippen LogP contribution in [0.15, 0.2) is 0 Å². The molecule has 1 aromatic heterocycles. The van der Waals surface area contributed by atoms with Crippen LogP contribution in [-0.4, -0.2) is 39.1 Å². The van der Waals surface area contributed by atoms with Gasteiger partial charge in [0.15, 0.2) is 5.82 Å². The molecule has 17 heavy (non-hydrogen) atoms. The average molecular weight is 255 g/mol. The van der Waals surface area contributed by atoms with Crippen LogP contribution in [-0.2, 0) is 13.1 Å². The highest BCUT2D eigenvalue weighted by Gasteiger charge is 2.42. The maximum absolute atomic E-state index is 12.8. The number of tetrazole rings is 1. The summed E-state index contributed by atoms with van der Waals surface area (Å²) in [6.45, 7) is 1.54. The number of hydrogen-bond acceptors (Lipinski definition) is 4. The second kappa shape index (κ2) is 5.89. The fourth-order valence-corrected chi connectivity index (χ4v) is 1.12. The largest absolute Gasteiger partial charge is 0.326 e. The first kappa shape index (κ1) is 13.8. The maximum atomic E-state index is 12.8. The van der Waals surface area contributed by atoms with E-state index in [2.05, 4.69) is 20.8 Å². The van der Waals surface area contributed by atoms with E-state index in [1.165, 1.54) is 0 Å². The Morgan fingerprint density at radius 3 is 2.71 bits per heavy atom. The number of alkyl halides is 4. The number of rotatable bonds is 7. The lowest BCUT2D eigenvalue weighted by molar-refractivity contribution is -0.139. The Balaban J connectivity index is 2.62. The van der Waals surface area contributed by atoms with Crippen molar-refractivity contribution in [3.05, 3.63) is 5.82 Å². The van der Waals surface area contributed by atoms with Gasteiger partial charge in [0, 0.05) is 0 Å². The van der Waals surface area contributed by atoms with Crippen LogP contribution in [0.4, 0.5) is 17.6 Å². The van der Waals surface area contributed by atoms with Crippen LogP contribution in [0.1, 0.15) is 19.2 Å². The molecule has 0 saturated carbocycles. The second-order valence-corrected chi connectivity index (χ2v) is 3.49. The van der Waals surface area contributed by atoms with Crippen molar-refractivity contribution in [2.24, 2.45) is 0 Å². The highest BCUT2D eigenvalue weighted by molar-refractivity contribution is 4.82. The van der Waals surface area contributed by atoms with Crippen LogP contribution >= 0.6 is 0 Å². The minimum absolute atomic E-state index is 0.110. The molecule has 9 heteroatoms. The zero-order chi connectivity index (χ0) is 12.9. The molecule has 0 aliphatic heterocycles. The molecule has 0 saturated heterocycles. The summed E-state index contributed by atoms with van der Waals surface area (Å²) >= 11 is 0. The third kappa shape index (κ3) is 3.91. The molecular weight excluding hydrogens is 242 g/mol. The Morgan fingerprint density at radius 2 is 2.12 bits per heavy atom. The second-order valence-electron chi connectivity index (χ2n) is 3.49. The number of nitrogens with one attached hydrogen (secondary N) is 1. The van der Waals surface area contributed by atoms with E-state index in [1.807, 2.05) is 6.92 Å². The number of nitrogens with zero attached hydrogens (tertiary/aromatic N) is 4. The zero-order valence-corrected chi connectivity index (χ0v) is 9.21. The lowest BCUT2D eigenvalue weighted by atomic mass is 10.3. The first-order valence-electron chi connectivity index (χ1n) is 5.09. The van der Waals surface area contributed by atoms with Gasteiger partial charge in [0.25, 0.3) is 0 Å². The van der Waals surface area contributed by atoms with Gasteiger partial charge in [-0.15, -0.1) is 5.10 Å². The molecule has 0 unspecified atom stereocenters. The minimum Gasteiger partial charge on any atom is -0.310 e. The molecule has 0 spiro atoms. The predicted molar refractivity (Wildman–Crippen MR) is 50.8 cm³/mol. The molecule has 0 aliphatic carbocycles. The van der Waals surface area contributed by atoms with Gasteiger partial charge in [-0.25, -0.2) is 13.5 Å². The molecule has 1 N–H and O–H groups in total. The normalized spacial score (nSPS) is 12.4. The molecule has 1 heterocycles. The lowest BCUT2D eigenvalue weighted by Gasteiger charge is -2.15. The van der Waals surface area contributed by atoms with Gasteiger partial charge in [0.1, 0.15) is 6.54 Å². The molecule has 0 fully saturated rings. The van der Waals surface area contributed by atoms with Crippen molar-refractivity contribution in [2.45, 2.75) is 38.8 Å². The van der Waals surface area contributed by atoms with Gasteiger partial charge in [-0.05, 0) is 23.4 Å². The Kier molecular flexibility index (Phi) is 4.79. The molecule has 1 aromatic rings. The molecule has 0 aromatic carbocycles. The van der Waals surface area contributed by atoms with E-state index in [0.717, 1.165) is 6.42 Å². The lowest BCUT2D eigenvalue weighted by Crippen LogP contribution is -2.34. The fraction of sp³-hybridized carbons (Fsp3) is 0.875. The molecule has 0 aliphatic rings. The molecular formula is C8H13F4N5. The van der Waals surface area contributed by atoms with Gasteiger partial charge in [-0.2, -0.15) is 8.78 Å². The Bertz CT molecular complexity index is 340. The smallest absolute Gasteiger partial charge is 0.310 e. The van der Waals surface area contributed by atoms with Crippen LogP contribution in [0.25, 0.3) is 0 Å². The average Bonchev–Trinajstić information content (AvgIpc) is 2.65. The van der Waals surface area contributed by atoms with Crippen molar-refractivity contribution in [1.29, 1.82) is 0 Å². The standard InChI is InChI=1S/C8H13F4N5/c1-2-3-13-4-6-14-15-16-17(6)5-8(11,12)7(9)10/h7,13H,2-5H2,1H3. The number of hydrogen-bond donors (Lipinski definition) is 1. The summed E-state index contributed by atoms with van der Waals surface area (Å²) in [6, 6.07) is 0. The van der Waals surface area contributed by atoms with Crippen LogP contribution in [0.5, 0.6) is 0 Å². The summed E-state index contributed by atoms with van der Waals surface area (Å²) in [7, 11) is 0. The van der Waals surface area contributed by atoms with Gasteiger partial charge in [-0.3, -0.25) is 0 Å². The monoisotopic (exact) mass is 255 g/mol. The minimum atomic E-state index is -4.13. The molecule has 0 bridgehead atoms. The summed E-state index contributed by atoms with van der Waals surface area (Å²) in [5.74, 6) is -4.02. The van der Waals surface area contributed by atoms with Crippen molar-refractivity contribution < 1.29 is 17.6 Å². The number of aromatic nitrogens is 4. The van der Waals surface area contributed by atoms with E-state index >= 15 is 0 Å². The quantitative estimate of drug-likeness (QED) is 0.585. The molecule has 5 nitrogen and oxygen atoms in total. The summed E-state index contributed by atoms with van der Waals surface area (Å²) in [4.78, 5) is 0. The van der Waals surface area contributed by atoms with E-state index in [9.17, 15) is 17.6 Å². The van der Waals surface area contributed by atoms with Crippen LogP contribution < -0.4 is 5.32 Å². The fourth-order valence-electron chi connectivity index (χ4n) is 1.12. The first-order chi connectivity index (χ1) is 7.97. The maximum Gasteiger partial charge on any atom is 0.326 e. The van der Waals surface area contributed by atoms with E-state index in [0.29, 0.717) is 11.2 Å². The molecule has 0 amide bonds. The first-order valence-corrected chi connectivity index (χ1v) is 5.09. The summed E-state index contributed by atoms with van der Waals surface area (Å²) in [6.07, 6.45) is -2.88. The van der Waals surface area contributed by atoms with Gasteiger partial charge in [0.05, 0.1) is 6.54 Å². The Labute approximate surface area is 95.2 Å². The van der Waals surface area contributed by atoms with Gasteiger partial charge < -0.3 is 5.32 Å². The van der Waals surface area contributed by atoms with Crippen LogP contribution in [0.2, 0.25) is 0 Å². The zero-order valence-electron chi connectivity index (χ0n) is 9.21. The molecule has 98 valence electrons. The molecule has 1 rings (SSSR count). The van der Waals surface area contributed by atoms with Crippen LogP contribution in [0, 0.1) is 0 Å². The Hall–Kier alpha value is -1.25. The van der Waals surface area contributed by atoms with Gasteiger partial charge in [-0.1, -0.05) is 6.92 Å². The van der Waals surface area contributed by atoms with Crippen molar-refractivity contribution in [3.8, 4) is 0 Å². The van der Waals surface area contributed by atoms with E-state index in [-0.39, 0.29) is 12.4 Å². The summed E-state index contributed by atoms with van der Waals surface area (Å²) < 4.78 is 50.3. The van der Waals surface area contributed by atoms with E-state index in [4.69, 9.17) is 0 Å².